The topological polar surface area (TPSA) is 21.3 Å². The van der Waals surface area contributed by atoms with E-state index in [1.807, 2.05) is 24.3 Å². The third-order valence-corrected chi connectivity index (χ3v) is 3.59. The van der Waals surface area contributed by atoms with E-state index in [4.69, 9.17) is 4.74 Å². The van der Waals surface area contributed by atoms with E-state index in [0.29, 0.717) is 17.6 Å². The van der Waals surface area contributed by atoms with Crippen LogP contribution in [-0.4, -0.2) is 13.2 Å². The predicted molar refractivity (Wildman–Crippen MR) is 82.2 cm³/mol. The number of ether oxygens (including phenoxy) is 1. The van der Waals surface area contributed by atoms with Crippen LogP contribution in [0.2, 0.25) is 0 Å². The van der Waals surface area contributed by atoms with Crippen molar-refractivity contribution in [2.75, 3.05) is 18.5 Å². The zero-order valence-electron chi connectivity index (χ0n) is 10.3. The van der Waals surface area contributed by atoms with E-state index < -0.39 is 11.6 Å². The lowest BCUT2D eigenvalue weighted by Gasteiger charge is -2.11. The van der Waals surface area contributed by atoms with Crippen molar-refractivity contribution in [1.29, 1.82) is 0 Å². The average molecular weight is 407 g/mol. The summed E-state index contributed by atoms with van der Waals surface area (Å²) in [6.07, 6.45) is 0. The standard InChI is InChI=1S/C14H11Br2F2NO/c15-9-2-1-3-11(6-9)20-5-4-19-14-12(16)7-10(17)8-13(14)18/h1-3,6-8,19H,4-5H2. The zero-order valence-corrected chi connectivity index (χ0v) is 13.5. The van der Waals surface area contributed by atoms with Crippen molar-refractivity contribution in [3.05, 3.63) is 57.0 Å². The van der Waals surface area contributed by atoms with E-state index in [1.165, 1.54) is 6.07 Å². The molecule has 2 aromatic carbocycles. The highest BCUT2D eigenvalue weighted by Crippen LogP contribution is 2.26. The molecule has 2 aromatic rings. The van der Waals surface area contributed by atoms with Gasteiger partial charge >= 0.3 is 0 Å². The predicted octanol–water partition coefficient (Wildman–Crippen LogP) is 4.98. The molecular weight excluding hydrogens is 396 g/mol. The molecule has 106 valence electrons. The van der Waals surface area contributed by atoms with Gasteiger partial charge in [0.05, 0.1) is 5.69 Å². The summed E-state index contributed by atoms with van der Waals surface area (Å²) in [4.78, 5) is 0. The minimum absolute atomic E-state index is 0.226. The van der Waals surface area contributed by atoms with E-state index in [9.17, 15) is 8.78 Å². The molecule has 20 heavy (non-hydrogen) atoms. The second-order valence-corrected chi connectivity index (χ2v) is 5.75. The van der Waals surface area contributed by atoms with Crippen LogP contribution in [-0.2, 0) is 0 Å². The van der Waals surface area contributed by atoms with Gasteiger partial charge in [0.2, 0.25) is 0 Å². The van der Waals surface area contributed by atoms with E-state index in [0.717, 1.165) is 16.3 Å². The summed E-state index contributed by atoms with van der Waals surface area (Å²) in [5, 5.41) is 2.87. The Morgan fingerprint density at radius 2 is 1.90 bits per heavy atom. The van der Waals surface area contributed by atoms with Gasteiger partial charge in [-0.2, -0.15) is 0 Å². The first-order valence-electron chi connectivity index (χ1n) is 5.83. The van der Waals surface area contributed by atoms with Crippen LogP contribution in [0, 0.1) is 11.6 Å². The van der Waals surface area contributed by atoms with Gasteiger partial charge in [0.25, 0.3) is 0 Å². The smallest absolute Gasteiger partial charge is 0.150 e. The highest BCUT2D eigenvalue weighted by atomic mass is 79.9. The molecular formula is C14H11Br2F2NO. The Morgan fingerprint density at radius 1 is 1.10 bits per heavy atom. The van der Waals surface area contributed by atoms with Crippen LogP contribution in [0.15, 0.2) is 45.3 Å². The van der Waals surface area contributed by atoms with Crippen molar-refractivity contribution in [3.63, 3.8) is 0 Å². The molecule has 0 bridgehead atoms. The third-order valence-electron chi connectivity index (χ3n) is 2.48. The molecule has 0 radical (unpaired) electrons. The molecule has 6 heteroatoms. The average Bonchev–Trinajstić information content (AvgIpc) is 2.36. The number of hydrogen-bond acceptors (Lipinski definition) is 2. The van der Waals surface area contributed by atoms with Crippen molar-refractivity contribution in [2.45, 2.75) is 0 Å². The number of halogens is 4. The van der Waals surface area contributed by atoms with E-state index >= 15 is 0 Å². The zero-order chi connectivity index (χ0) is 14.5. The van der Waals surface area contributed by atoms with Crippen LogP contribution in [0.4, 0.5) is 14.5 Å². The molecule has 0 aliphatic rings. The maximum Gasteiger partial charge on any atom is 0.150 e. The van der Waals surface area contributed by atoms with Gasteiger partial charge in [-0.3, -0.25) is 0 Å². The molecule has 0 fully saturated rings. The summed E-state index contributed by atoms with van der Waals surface area (Å²) < 4.78 is 33.2. The Balaban J connectivity index is 1.88. The fourth-order valence-corrected chi connectivity index (χ4v) is 2.54. The van der Waals surface area contributed by atoms with Crippen LogP contribution in [0.25, 0.3) is 0 Å². The molecule has 0 saturated carbocycles. The lowest BCUT2D eigenvalue weighted by atomic mass is 10.3. The number of hydrogen-bond donors (Lipinski definition) is 1. The summed E-state index contributed by atoms with van der Waals surface area (Å²) in [7, 11) is 0. The molecule has 0 heterocycles. The first-order chi connectivity index (χ1) is 9.56. The van der Waals surface area contributed by atoms with Gasteiger partial charge in [-0.1, -0.05) is 22.0 Å². The van der Waals surface area contributed by atoms with Crippen molar-refractivity contribution < 1.29 is 13.5 Å². The van der Waals surface area contributed by atoms with Gasteiger partial charge in [-0.05, 0) is 40.2 Å². The highest BCUT2D eigenvalue weighted by molar-refractivity contribution is 9.10. The van der Waals surface area contributed by atoms with Gasteiger partial charge in [0, 0.05) is 21.6 Å². The fourth-order valence-electron chi connectivity index (χ4n) is 1.61. The third kappa shape index (κ3) is 4.18. The molecule has 2 rings (SSSR count). The number of benzene rings is 2. The fraction of sp³-hybridized carbons (Fsp3) is 0.143. The number of anilines is 1. The lowest BCUT2D eigenvalue weighted by molar-refractivity contribution is 0.332. The number of rotatable bonds is 5. The minimum atomic E-state index is -0.640. The first-order valence-corrected chi connectivity index (χ1v) is 7.41. The maximum atomic E-state index is 13.5. The monoisotopic (exact) mass is 405 g/mol. The lowest BCUT2D eigenvalue weighted by Crippen LogP contribution is -2.13. The summed E-state index contributed by atoms with van der Waals surface area (Å²) >= 11 is 6.46. The van der Waals surface area contributed by atoms with E-state index in [-0.39, 0.29) is 5.69 Å². The largest absolute Gasteiger partial charge is 0.492 e. The molecule has 0 aliphatic heterocycles. The van der Waals surface area contributed by atoms with Gasteiger partial charge in [-0.25, -0.2) is 8.78 Å². The van der Waals surface area contributed by atoms with Crippen molar-refractivity contribution >= 4 is 37.5 Å². The van der Waals surface area contributed by atoms with Gasteiger partial charge in [0.1, 0.15) is 24.0 Å². The molecule has 0 unspecified atom stereocenters. The van der Waals surface area contributed by atoms with Crippen molar-refractivity contribution in [3.8, 4) is 5.75 Å². The highest BCUT2D eigenvalue weighted by Gasteiger charge is 2.08. The van der Waals surface area contributed by atoms with Gasteiger partial charge in [-0.15, -0.1) is 0 Å². The second kappa shape index (κ2) is 7.04. The van der Waals surface area contributed by atoms with Gasteiger partial charge in [0.15, 0.2) is 0 Å². The molecule has 1 N–H and O–H groups in total. The van der Waals surface area contributed by atoms with Crippen LogP contribution in [0.1, 0.15) is 0 Å². The van der Waals surface area contributed by atoms with Crippen LogP contribution < -0.4 is 10.1 Å². The molecule has 0 saturated heterocycles. The van der Waals surface area contributed by atoms with Crippen LogP contribution in [0.5, 0.6) is 5.75 Å². The minimum Gasteiger partial charge on any atom is -0.492 e. The SMILES string of the molecule is Fc1cc(F)c(NCCOc2cccc(Br)c2)c(Br)c1. The van der Waals surface area contributed by atoms with E-state index in [1.54, 1.807) is 0 Å². The summed E-state index contributed by atoms with van der Waals surface area (Å²) in [6.45, 7) is 0.757. The quantitative estimate of drug-likeness (QED) is 0.707. The summed E-state index contributed by atoms with van der Waals surface area (Å²) in [5.74, 6) is -0.538. The number of nitrogens with one attached hydrogen (secondary N) is 1. The molecule has 0 aromatic heterocycles. The molecule has 0 spiro atoms. The van der Waals surface area contributed by atoms with Crippen LogP contribution >= 0.6 is 31.9 Å². The second-order valence-electron chi connectivity index (χ2n) is 3.98. The Labute approximate surface area is 132 Å². The van der Waals surface area contributed by atoms with Crippen molar-refractivity contribution in [2.24, 2.45) is 0 Å². The Hall–Kier alpha value is -1.14. The first kappa shape index (κ1) is 15.3. The molecule has 0 amide bonds. The van der Waals surface area contributed by atoms with Crippen LogP contribution in [0.3, 0.4) is 0 Å². The van der Waals surface area contributed by atoms with E-state index in [2.05, 4.69) is 37.2 Å². The Kier molecular flexibility index (Phi) is 5.37. The van der Waals surface area contributed by atoms with Crippen molar-refractivity contribution in [1.82, 2.24) is 0 Å². The molecule has 2 nitrogen and oxygen atoms in total. The summed E-state index contributed by atoms with van der Waals surface area (Å²) in [6, 6.07) is 9.48. The molecule has 0 atom stereocenters. The maximum absolute atomic E-state index is 13.5. The Bertz CT molecular complexity index is 584. The van der Waals surface area contributed by atoms with Gasteiger partial charge < -0.3 is 10.1 Å². The Morgan fingerprint density at radius 3 is 2.60 bits per heavy atom. The molecule has 0 aliphatic carbocycles. The normalized spacial score (nSPS) is 10.4. The summed E-state index contributed by atoms with van der Waals surface area (Å²) in [5.41, 5.74) is 0.226.